The van der Waals surface area contributed by atoms with Gasteiger partial charge in [0, 0.05) is 0 Å². The normalized spacial score (nSPS) is 11.4. The van der Waals surface area contributed by atoms with Crippen LogP contribution < -0.4 is 4.74 Å². The molecule has 0 amide bonds. The lowest BCUT2D eigenvalue weighted by Gasteiger charge is -2.06. The van der Waals surface area contributed by atoms with Gasteiger partial charge in [0.1, 0.15) is 5.75 Å². The largest absolute Gasteiger partial charge is 0.475 e. The van der Waals surface area contributed by atoms with Crippen molar-refractivity contribution in [3.63, 3.8) is 0 Å². The van der Waals surface area contributed by atoms with Crippen LogP contribution in [0.4, 0.5) is 0 Å². The zero-order chi connectivity index (χ0) is 10.8. The van der Waals surface area contributed by atoms with Gasteiger partial charge in [0.25, 0.3) is 0 Å². The van der Waals surface area contributed by atoms with Gasteiger partial charge in [0.05, 0.1) is 0 Å². The van der Waals surface area contributed by atoms with Gasteiger partial charge < -0.3 is 4.74 Å². The lowest BCUT2D eigenvalue weighted by atomic mass is 10.1. The summed E-state index contributed by atoms with van der Waals surface area (Å²) >= 11 is 0. The van der Waals surface area contributed by atoms with E-state index in [0.717, 1.165) is 11.1 Å². The summed E-state index contributed by atoms with van der Waals surface area (Å²) in [6.07, 6.45) is 0. The Kier molecular flexibility index (Phi) is 3.13. The molecular formula is C9H12O4S. The van der Waals surface area contributed by atoms with Crippen LogP contribution in [0.2, 0.25) is 0 Å². The molecule has 0 bridgehead atoms. The van der Waals surface area contributed by atoms with E-state index in [1.807, 2.05) is 19.9 Å². The highest BCUT2D eigenvalue weighted by molar-refractivity contribution is 7.85. The molecule has 14 heavy (non-hydrogen) atoms. The van der Waals surface area contributed by atoms with Crippen LogP contribution in [-0.4, -0.2) is 18.9 Å². The van der Waals surface area contributed by atoms with Crippen LogP contribution in [0.3, 0.4) is 0 Å². The molecule has 1 aromatic carbocycles. The molecule has 0 fully saturated rings. The minimum Gasteiger partial charge on any atom is -0.475 e. The Morgan fingerprint density at radius 2 is 1.93 bits per heavy atom. The molecule has 0 saturated heterocycles. The van der Waals surface area contributed by atoms with Crippen LogP contribution in [-0.2, 0) is 10.1 Å². The molecule has 1 aromatic rings. The monoisotopic (exact) mass is 216 g/mol. The van der Waals surface area contributed by atoms with Gasteiger partial charge in [-0.3, -0.25) is 4.55 Å². The predicted molar refractivity (Wildman–Crippen MR) is 53.0 cm³/mol. The first-order chi connectivity index (χ1) is 6.38. The van der Waals surface area contributed by atoms with Gasteiger partial charge >= 0.3 is 10.1 Å². The number of aryl methyl sites for hydroxylation is 2. The maximum absolute atomic E-state index is 10.4. The fraction of sp³-hybridized carbons (Fsp3) is 0.333. The van der Waals surface area contributed by atoms with Crippen molar-refractivity contribution in [3.05, 3.63) is 29.3 Å². The van der Waals surface area contributed by atoms with Gasteiger partial charge in [0.15, 0.2) is 0 Å². The predicted octanol–water partition coefficient (Wildman–Crippen LogP) is 1.53. The summed E-state index contributed by atoms with van der Waals surface area (Å²) in [7, 11) is -4.07. The highest BCUT2D eigenvalue weighted by Crippen LogP contribution is 2.16. The van der Waals surface area contributed by atoms with Gasteiger partial charge in [-0.05, 0) is 37.1 Å². The van der Waals surface area contributed by atoms with E-state index in [9.17, 15) is 8.42 Å². The first-order valence-corrected chi connectivity index (χ1v) is 5.64. The van der Waals surface area contributed by atoms with E-state index in [-0.39, 0.29) is 0 Å². The van der Waals surface area contributed by atoms with E-state index >= 15 is 0 Å². The Hall–Kier alpha value is -1.07. The van der Waals surface area contributed by atoms with Crippen LogP contribution in [0.15, 0.2) is 18.2 Å². The van der Waals surface area contributed by atoms with Gasteiger partial charge in [-0.2, -0.15) is 8.42 Å². The van der Waals surface area contributed by atoms with Crippen LogP contribution in [0.1, 0.15) is 11.1 Å². The third kappa shape index (κ3) is 3.35. The Balaban J connectivity index is 2.74. The molecule has 0 heterocycles. The third-order valence-corrected chi connectivity index (χ3v) is 2.27. The standard InChI is InChI=1S/C9H12O4S/c1-7-3-4-9(5-8(7)2)13-6-14(10,11)12/h3-5H,6H2,1-2H3,(H,10,11,12). The van der Waals surface area contributed by atoms with E-state index in [1.54, 1.807) is 12.1 Å². The molecule has 0 aliphatic rings. The highest BCUT2D eigenvalue weighted by Gasteiger charge is 2.05. The smallest absolute Gasteiger partial charge is 0.300 e. The van der Waals surface area contributed by atoms with Crippen molar-refractivity contribution in [1.29, 1.82) is 0 Å². The van der Waals surface area contributed by atoms with Crippen LogP contribution in [0.5, 0.6) is 5.75 Å². The quantitative estimate of drug-likeness (QED) is 0.778. The summed E-state index contributed by atoms with van der Waals surface area (Å²) in [5.74, 6) is -0.277. The second-order valence-corrected chi connectivity index (χ2v) is 4.49. The number of hydrogen-bond acceptors (Lipinski definition) is 3. The van der Waals surface area contributed by atoms with Gasteiger partial charge in [-0.1, -0.05) is 6.07 Å². The zero-order valence-electron chi connectivity index (χ0n) is 8.02. The number of hydrogen-bond donors (Lipinski definition) is 1. The van der Waals surface area contributed by atoms with Crippen molar-refractivity contribution >= 4 is 10.1 Å². The molecule has 0 spiro atoms. The molecular weight excluding hydrogens is 204 g/mol. The average Bonchev–Trinajstić information content (AvgIpc) is 2.06. The minimum atomic E-state index is -4.07. The fourth-order valence-corrected chi connectivity index (χ4v) is 1.23. The SMILES string of the molecule is Cc1ccc(OCS(=O)(=O)O)cc1C. The molecule has 0 atom stereocenters. The summed E-state index contributed by atoms with van der Waals surface area (Å²) in [5.41, 5.74) is 2.11. The minimum absolute atomic E-state index is 0.436. The van der Waals surface area contributed by atoms with E-state index in [1.165, 1.54) is 0 Å². The number of benzene rings is 1. The molecule has 0 aliphatic carbocycles. The Bertz CT molecular complexity index is 422. The van der Waals surface area contributed by atoms with Crippen molar-refractivity contribution in [1.82, 2.24) is 0 Å². The Morgan fingerprint density at radius 1 is 1.29 bits per heavy atom. The summed E-state index contributed by atoms with van der Waals surface area (Å²) < 4.78 is 34.1. The second-order valence-electron chi connectivity index (χ2n) is 3.09. The van der Waals surface area contributed by atoms with E-state index in [2.05, 4.69) is 0 Å². The maximum Gasteiger partial charge on any atom is 0.300 e. The molecule has 0 aliphatic heterocycles. The number of rotatable bonds is 3. The molecule has 4 nitrogen and oxygen atoms in total. The molecule has 0 unspecified atom stereocenters. The maximum atomic E-state index is 10.4. The van der Waals surface area contributed by atoms with Crippen molar-refractivity contribution < 1.29 is 17.7 Å². The van der Waals surface area contributed by atoms with Gasteiger partial charge in [-0.15, -0.1) is 0 Å². The lowest BCUT2D eigenvalue weighted by molar-refractivity contribution is 0.352. The van der Waals surface area contributed by atoms with Crippen molar-refractivity contribution in [2.24, 2.45) is 0 Å². The van der Waals surface area contributed by atoms with Crippen molar-refractivity contribution in [3.8, 4) is 5.75 Å². The molecule has 0 aromatic heterocycles. The van der Waals surface area contributed by atoms with Gasteiger partial charge in [0.2, 0.25) is 5.94 Å². The topological polar surface area (TPSA) is 63.6 Å². The van der Waals surface area contributed by atoms with Crippen LogP contribution in [0.25, 0.3) is 0 Å². The first-order valence-electron chi connectivity index (χ1n) is 4.04. The van der Waals surface area contributed by atoms with Crippen molar-refractivity contribution in [2.45, 2.75) is 13.8 Å². The molecule has 78 valence electrons. The fourth-order valence-electron chi connectivity index (χ4n) is 0.946. The number of ether oxygens (including phenoxy) is 1. The average molecular weight is 216 g/mol. The van der Waals surface area contributed by atoms with Crippen LogP contribution >= 0.6 is 0 Å². The lowest BCUT2D eigenvalue weighted by Crippen LogP contribution is -2.10. The highest BCUT2D eigenvalue weighted by atomic mass is 32.2. The van der Waals surface area contributed by atoms with Crippen molar-refractivity contribution in [2.75, 3.05) is 5.94 Å². The first kappa shape index (κ1) is 11.0. The summed E-state index contributed by atoms with van der Waals surface area (Å²) in [6, 6.07) is 5.21. The summed E-state index contributed by atoms with van der Waals surface area (Å²) in [6.45, 7) is 3.84. The molecule has 0 saturated carbocycles. The van der Waals surface area contributed by atoms with E-state index < -0.39 is 16.1 Å². The molecule has 1 N–H and O–H groups in total. The molecule has 0 radical (unpaired) electrons. The Morgan fingerprint density at radius 3 is 2.43 bits per heavy atom. The second kappa shape index (κ2) is 3.98. The summed E-state index contributed by atoms with van der Waals surface area (Å²) in [4.78, 5) is 0. The zero-order valence-corrected chi connectivity index (χ0v) is 8.84. The Labute approximate surface area is 83.3 Å². The summed E-state index contributed by atoms with van der Waals surface area (Å²) in [5, 5.41) is 0. The van der Waals surface area contributed by atoms with E-state index in [4.69, 9.17) is 9.29 Å². The molecule has 1 rings (SSSR count). The van der Waals surface area contributed by atoms with E-state index in [0.29, 0.717) is 5.75 Å². The molecule has 5 heteroatoms. The van der Waals surface area contributed by atoms with Crippen LogP contribution in [0, 0.1) is 13.8 Å². The third-order valence-electron chi connectivity index (χ3n) is 1.85. The van der Waals surface area contributed by atoms with Gasteiger partial charge in [-0.25, -0.2) is 0 Å².